The van der Waals surface area contributed by atoms with Crippen molar-refractivity contribution in [3.63, 3.8) is 0 Å². The van der Waals surface area contributed by atoms with E-state index in [2.05, 4.69) is 16.0 Å². The van der Waals surface area contributed by atoms with Gasteiger partial charge in [0.25, 0.3) is 5.91 Å². The number of rotatable bonds is 5. The number of hydrogen-bond acceptors (Lipinski definition) is 5. The molecule has 5 rings (SSSR count). The molecule has 1 aromatic heterocycles. The van der Waals surface area contributed by atoms with Crippen LogP contribution in [-0.4, -0.2) is 52.4 Å². The third-order valence-corrected chi connectivity index (χ3v) is 6.35. The Balaban J connectivity index is 1.48. The molecule has 1 atom stereocenters. The number of carbonyl (C=O) groups excluding carboxylic acids is 1. The number of aromatic amines is 1. The highest BCUT2D eigenvalue weighted by molar-refractivity contribution is 5.97. The normalized spacial score (nSPS) is 16.4. The van der Waals surface area contributed by atoms with Crippen molar-refractivity contribution < 1.29 is 9.53 Å². The fourth-order valence-electron chi connectivity index (χ4n) is 4.56. The van der Waals surface area contributed by atoms with Gasteiger partial charge in [-0.15, -0.1) is 0 Å². The van der Waals surface area contributed by atoms with E-state index in [1.807, 2.05) is 65.6 Å². The third kappa shape index (κ3) is 4.12. The summed E-state index contributed by atoms with van der Waals surface area (Å²) >= 11 is 0. The maximum absolute atomic E-state index is 13.4. The highest BCUT2D eigenvalue weighted by atomic mass is 16.5. The standard InChI is InChI=1S/C27H25N5O2/c1-34-25-13-7-4-10-21(25)27(33)32-15-14-31(17-20-9-3-2-8-19(20)16-28)24(18-32)26-29-22-11-5-6-12-23(22)30-26/h2-13,24H,14-15,17-18H2,1H3,(H,29,30). The molecule has 1 aliphatic heterocycles. The number of imidazole rings is 1. The van der Waals surface area contributed by atoms with E-state index in [-0.39, 0.29) is 11.9 Å². The molecule has 1 N–H and O–H groups in total. The zero-order valence-corrected chi connectivity index (χ0v) is 18.9. The van der Waals surface area contributed by atoms with Gasteiger partial charge in [0.05, 0.1) is 41.4 Å². The average Bonchev–Trinajstić information content (AvgIpc) is 3.33. The summed E-state index contributed by atoms with van der Waals surface area (Å²) in [6.45, 7) is 2.30. The van der Waals surface area contributed by atoms with Crippen molar-refractivity contribution in [3.8, 4) is 11.8 Å². The van der Waals surface area contributed by atoms with Crippen LogP contribution >= 0.6 is 0 Å². The summed E-state index contributed by atoms with van der Waals surface area (Å²) in [6, 6.07) is 25.0. The number of fused-ring (bicyclic) bond motifs is 1. The summed E-state index contributed by atoms with van der Waals surface area (Å²) in [5.41, 5.74) is 4.04. The van der Waals surface area contributed by atoms with Crippen LogP contribution in [0.15, 0.2) is 72.8 Å². The number of methoxy groups -OCH3 is 1. The molecule has 1 amide bonds. The van der Waals surface area contributed by atoms with Crippen LogP contribution in [0.25, 0.3) is 11.0 Å². The van der Waals surface area contributed by atoms with E-state index in [0.29, 0.717) is 43.1 Å². The van der Waals surface area contributed by atoms with E-state index in [9.17, 15) is 10.1 Å². The van der Waals surface area contributed by atoms with Gasteiger partial charge in [-0.2, -0.15) is 5.26 Å². The number of nitriles is 1. The summed E-state index contributed by atoms with van der Waals surface area (Å²) in [5.74, 6) is 1.32. The zero-order chi connectivity index (χ0) is 23.5. The average molecular weight is 452 g/mol. The predicted molar refractivity (Wildman–Crippen MR) is 129 cm³/mol. The molecule has 2 heterocycles. The number of nitrogens with one attached hydrogen (secondary N) is 1. The first-order chi connectivity index (χ1) is 16.7. The first kappa shape index (κ1) is 21.7. The van der Waals surface area contributed by atoms with Crippen molar-refractivity contribution in [2.75, 3.05) is 26.7 Å². The van der Waals surface area contributed by atoms with E-state index in [4.69, 9.17) is 9.72 Å². The lowest BCUT2D eigenvalue weighted by Gasteiger charge is -2.40. The van der Waals surface area contributed by atoms with E-state index < -0.39 is 0 Å². The lowest BCUT2D eigenvalue weighted by atomic mass is 10.0. The minimum atomic E-state index is -0.147. The molecule has 7 heteroatoms. The second-order valence-corrected chi connectivity index (χ2v) is 8.35. The number of amides is 1. The summed E-state index contributed by atoms with van der Waals surface area (Å²) in [6.07, 6.45) is 0. The number of hydrogen-bond donors (Lipinski definition) is 1. The maximum atomic E-state index is 13.4. The molecule has 3 aromatic carbocycles. The number of ether oxygens (including phenoxy) is 1. The van der Waals surface area contributed by atoms with Crippen molar-refractivity contribution in [1.29, 1.82) is 5.26 Å². The van der Waals surface area contributed by atoms with Crippen LogP contribution in [0.5, 0.6) is 5.75 Å². The van der Waals surface area contributed by atoms with Gasteiger partial charge in [-0.1, -0.05) is 42.5 Å². The van der Waals surface area contributed by atoms with Crippen LogP contribution in [0.4, 0.5) is 0 Å². The lowest BCUT2D eigenvalue weighted by molar-refractivity contribution is 0.0437. The molecule has 170 valence electrons. The quantitative estimate of drug-likeness (QED) is 0.493. The Bertz CT molecular complexity index is 1340. The molecule has 4 aromatic rings. The molecule has 1 unspecified atom stereocenters. The predicted octanol–water partition coefficient (Wildman–Crippen LogP) is 4.14. The molecule has 0 radical (unpaired) electrons. The second-order valence-electron chi connectivity index (χ2n) is 8.35. The number of H-pyrrole nitrogens is 1. The summed E-state index contributed by atoms with van der Waals surface area (Å²) < 4.78 is 5.43. The van der Waals surface area contributed by atoms with Gasteiger partial charge in [0.1, 0.15) is 11.6 Å². The highest BCUT2D eigenvalue weighted by Gasteiger charge is 2.34. The molecule has 0 saturated carbocycles. The van der Waals surface area contributed by atoms with Crippen molar-refractivity contribution in [3.05, 3.63) is 95.3 Å². The maximum Gasteiger partial charge on any atom is 0.257 e. The Morgan fingerprint density at radius 3 is 2.68 bits per heavy atom. The van der Waals surface area contributed by atoms with Crippen LogP contribution in [-0.2, 0) is 6.54 Å². The first-order valence-corrected chi connectivity index (χ1v) is 11.3. The van der Waals surface area contributed by atoms with Gasteiger partial charge in [0.2, 0.25) is 0 Å². The van der Waals surface area contributed by atoms with Gasteiger partial charge < -0.3 is 14.6 Å². The van der Waals surface area contributed by atoms with E-state index in [0.717, 1.165) is 22.4 Å². The molecule has 0 aliphatic carbocycles. The topological polar surface area (TPSA) is 85.2 Å². The monoisotopic (exact) mass is 451 g/mol. The van der Waals surface area contributed by atoms with Gasteiger partial charge in [-0.05, 0) is 35.9 Å². The summed E-state index contributed by atoms with van der Waals surface area (Å²) in [7, 11) is 1.58. The van der Waals surface area contributed by atoms with E-state index >= 15 is 0 Å². The zero-order valence-electron chi connectivity index (χ0n) is 18.9. The largest absolute Gasteiger partial charge is 0.496 e. The molecular weight excluding hydrogens is 426 g/mol. The second kappa shape index (κ2) is 9.38. The van der Waals surface area contributed by atoms with Gasteiger partial charge in [0, 0.05) is 26.2 Å². The SMILES string of the molecule is COc1ccccc1C(=O)N1CCN(Cc2ccccc2C#N)C(c2nc3ccccc3[nH]2)C1. The molecule has 1 fully saturated rings. The molecule has 34 heavy (non-hydrogen) atoms. The molecule has 1 saturated heterocycles. The highest BCUT2D eigenvalue weighted by Crippen LogP contribution is 2.30. The van der Waals surface area contributed by atoms with Crippen molar-refractivity contribution in [2.24, 2.45) is 0 Å². The molecular formula is C27H25N5O2. The van der Waals surface area contributed by atoms with Crippen molar-refractivity contribution in [2.45, 2.75) is 12.6 Å². The number of para-hydroxylation sites is 3. The Labute approximate surface area is 198 Å². The van der Waals surface area contributed by atoms with Crippen LogP contribution in [0.3, 0.4) is 0 Å². The number of aromatic nitrogens is 2. The third-order valence-electron chi connectivity index (χ3n) is 6.35. The van der Waals surface area contributed by atoms with E-state index in [1.54, 1.807) is 19.2 Å². The van der Waals surface area contributed by atoms with Gasteiger partial charge in [-0.3, -0.25) is 9.69 Å². The number of nitrogens with zero attached hydrogens (tertiary/aromatic N) is 4. The molecule has 1 aliphatic rings. The van der Waals surface area contributed by atoms with Gasteiger partial charge >= 0.3 is 0 Å². The minimum absolute atomic E-state index is 0.0596. The molecule has 7 nitrogen and oxygen atoms in total. The number of carbonyl (C=O) groups is 1. The summed E-state index contributed by atoms with van der Waals surface area (Å²) in [5, 5.41) is 9.56. The van der Waals surface area contributed by atoms with Crippen LogP contribution in [0.1, 0.15) is 33.4 Å². The van der Waals surface area contributed by atoms with Crippen molar-refractivity contribution in [1.82, 2.24) is 19.8 Å². The Kier molecular flexibility index (Phi) is 5.98. The Morgan fingerprint density at radius 1 is 1.09 bits per heavy atom. The Hall–Kier alpha value is -4.15. The number of piperazine rings is 1. The molecule has 0 spiro atoms. The first-order valence-electron chi connectivity index (χ1n) is 11.3. The van der Waals surface area contributed by atoms with Gasteiger partial charge in [-0.25, -0.2) is 4.98 Å². The summed E-state index contributed by atoms with van der Waals surface area (Å²) in [4.78, 5) is 25.9. The minimum Gasteiger partial charge on any atom is -0.496 e. The molecule has 0 bridgehead atoms. The lowest BCUT2D eigenvalue weighted by Crippen LogP contribution is -2.50. The van der Waals surface area contributed by atoms with Crippen LogP contribution in [0.2, 0.25) is 0 Å². The number of benzene rings is 3. The Morgan fingerprint density at radius 2 is 1.85 bits per heavy atom. The fraction of sp³-hybridized carbons (Fsp3) is 0.222. The van der Waals surface area contributed by atoms with Crippen LogP contribution < -0.4 is 4.74 Å². The van der Waals surface area contributed by atoms with Gasteiger partial charge in [0.15, 0.2) is 0 Å². The van der Waals surface area contributed by atoms with Crippen LogP contribution in [0, 0.1) is 11.3 Å². The smallest absolute Gasteiger partial charge is 0.257 e. The van der Waals surface area contributed by atoms with E-state index in [1.165, 1.54) is 0 Å². The van der Waals surface area contributed by atoms with Crippen molar-refractivity contribution >= 4 is 16.9 Å². The fourth-order valence-corrected chi connectivity index (χ4v) is 4.56.